The molecule has 4 rings (SSSR count). The van der Waals surface area contributed by atoms with E-state index in [-0.39, 0.29) is 5.82 Å². The first-order chi connectivity index (χ1) is 13.4. The van der Waals surface area contributed by atoms with E-state index in [2.05, 4.69) is 40.9 Å². The van der Waals surface area contributed by atoms with Crippen LogP contribution in [-0.4, -0.2) is 50.9 Å². The van der Waals surface area contributed by atoms with Gasteiger partial charge in [0.25, 0.3) is 0 Å². The summed E-state index contributed by atoms with van der Waals surface area (Å²) >= 11 is 3.25. The monoisotopic (exact) mass is 445 g/mol. The van der Waals surface area contributed by atoms with Gasteiger partial charge in [0, 0.05) is 48.6 Å². The van der Waals surface area contributed by atoms with Gasteiger partial charge in [-0.05, 0) is 48.8 Å². The van der Waals surface area contributed by atoms with Crippen molar-refractivity contribution in [3.63, 3.8) is 0 Å². The van der Waals surface area contributed by atoms with Gasteiger partial charge in [0.2, 0.25) is 0 Å². The van der Waals surface area contributed by atoms with Crippen molar-refractivity contribution in [2.75, 3.05) is 36.0 Å². The molecule has 0 aromatic carbocycles. The van der Waals surface area contributed by atoms with Crippen molar-refractivity contribution in [3.8, 4) is 5.82 Å². The van der Waals surface area contributed by atoms with E-state index >= 15 is 0 Å². The van der Waals surface area contributed by atoms with E-state index in [0.29, 0.717) is 29.2 Å². The van der Waals surface area contributed by atoms with Gasteiger partial charge in [-0.2, -0.15) is 5.10 Å². The number of nitrogens with zero attached hydrogens (tertiary/aromatic N) is 7. The first-order valence-electron chi connectivity index (χ1n) is 9.11. The Morgan fingerprint density at radius 2 is 1.61 bits per heavy atom. The lowest BCUT2D eigenvalue weighted by atomic mass is 10.3. The third kappa shape index (κ3) is 3.71. The highest BCUT2D eigenvalue weighted by Crippen LogP contribution is 2.23. The van der Waals surface area contributed by atoms with Gasteiger partial charge in [-0.15, -0.1) is 0 Å². The van der Waals surface area contributed by atoms with E-state index < -0.39 is 0 Å². The minimum atomic E-state index is -0.312. The van der Waals surface area contributed by atoms with Crippen LogP contribution in [0.15, 0.2) is 28.9 Å². The highest BCUT2D eigenvalue weighted by molar-refractivity contribution is 9.10. The number of hydrogen-bond donors (Lipinski definition) is 0. The molecule has 0 bridgehead atoms. The first kappa shape index (κ1) is 18.8. The number of anilines is 2. The highest BCUT2D eigenvalue weighted by atomic mass is 79.9. The molecule has 0 amide bonds. The number of pyridine rings is 1. The summed E-state index contributed by atoms with van der Waals surface area (Å²) in [6.07, 6.45) is 1.62. The topological polar surface area (TPSA) is 63.0 Å². The van der Waals surface area contributed by atoms with Gasteiger partial charge in [0.1, 0.15) is 11.6 Å². The van der Waals surface area contributed by atoms with Gasteiger partial charge < -0.3 is 9.80 Å². The quantitative estimate of drug-likeness (QED) is 0.616. The second-order valence-electron chi connectivity index (χ2n) is 6.90. The Bertz CT molecular complexity index is 1010. The maximum absolute atomic E-state index is 14.2. The second kappa shape index (κ2) is 7.46. The maximum atomic E-state index is 14.2. The molecule has 0 radical (unpaired) electrons. The van der Waals surface area contributed by atoms with Crippen molar-refractivity contribution in [2.24, 2.45) is 0 Å². The molecule has 0 saturated carbocycles. The van der Waals surface area contributed by atoms with Gasteiger partial charge in [0.15, 0.2) is 17.5 Å². The summed E-state index contributed by atoms with van der Waals surface area (Å²) in [5, 5.41) is 4.52. The third-order valence-corrected chi connectivity index (χ3v) is 5.16. The summed E-state index contributed by atoms with van der Waals surface area (Å²) < 4.78 is 16.7. The molecule has 0 aliphatic carbocycles. The van der Waals surface area contributed by atoms with Crippen LogP contribution in [0.5, 0.6) is 0 Å². The molecule has 3 aromatic heterocycles. The van der Waals surface area contributed by atoms with E-state index in [1.165, 1.54) is 6.07 Å². The summed E-state index contributed by atoms with van der Waals surface area (Å²) in [5.41, 5.74) is 1.98. The average molecular weight is 446 g/mol. The molecule has 7 nitrogen and oxygen atoms in total. The highest BCUT2D eigenvalue weighted by Gasteiger charge is 2.22. The minimum absolute atomic E-state index is 0.312. The summed E-state index contributed by atoms with van der Waals surface area (Å²) in [7, 11) is 0. The molecular weight excluding hydrogens is 425 g/mol. The summed E-state index contributed by atoms with van der Waals surface area (Å²) in [6.45, 7) is 8.65. The van der Waals surface area contributed by atoms with Crippen LogP contribution in [0.1, 0.15) is 17.2 Å². The molecule has 1 fully saturated rings. The molecule has 1 aliphatic rings. The van der Waals surface area contributed by atoms with E-state index in [1.54, 1.807) is 6.20 Å². The lowest BCUT2D eigenvalue weighted by Gasteiger charge is -2.36. The maximum Gasteiger partial charge on any atom is 0.166 e. The van der Waals surface area contributed by atoms with Gasteiger partial charge in [-0.25, -0.2) is 24.0 Å². The smallest absolute Gasteiger partial charge is 0.166 e. The van der Waals surface area contributed by atoms with E-state index in [9.17, 15) is 4.39 Å². The molecule has 28 heavy (non-hydrogen) atoms. The molecule has 4 heterocycles. The molecule has 146 valence electrons. The molecular formula is C19H21BrFN7. The Balaban J connectivity index is 1.54. The van der Waals surface area contributed by atoms with Crippen LogP contribution >= 0.6 is 15.9 Å². The fourth-order valence-electron chi connectivity index (χ4n) is 3.46. The molecule has 0 unspecified atom stereocenters. The lowest BCUT2D eigenvalue weighted by molar-refractivity contribution is 0.585. The van der Waals surface area contributed by atoms with Crippen LogP contribution in [-0.2, 0) is 0 Å². The van der Waals surface area contributed by atoms with E-state index in [0.717, 1.165) is 36.1 Å². The number of rotatable bonds is 3. The lowest BCUT2D eigenvalue weighted by Crippen LogP contribution is -2.47. The minimum Gasteiger partial charge on any atom is -0.353 e. The molecule has 9 heteroatoms. The Kier molecular flexibility index (Phi) is 5.01. The van der Waals surface area contributed by atoms with Crippen LogP contribution in [0, 0.1) is 26.6 Å². The van der Waals surface area contributed by atoms with Crippen molar-refractivity contribution >= 4 is 27.6 Å². The molecule has 0 atom stereocenters. The normalized spacial score (nSPS) is 14.6. The third-order valence-electron chi connectivity index (χ3n) is 4.73. The second-order valence-corrected chi connectivity index (χ2v) is 7.82. The van der Waals surface area contributed by atoms with Crippen molar-refractivity contribution < 1.29 is 4.39 Å². The largest absolute Gasteiger partial charge is 0.353 e. The summed E-state index contributed by atoms with van der Waals surface area (Å²) in [5.74, 6) is 2.40. The van der Waals surface area contributed by atoms with Crippen LogP contribution in [0.3, 0.4) is 0 Å². The van der Waals surface area contributed by atoms with Crippen LogP contribution in [0.2, 0.25) is 0 Å². The Morgan fingerprint density at radius 3 is 2.25 bits per heavy atom. The number of hydrogen-bond acceptors (Lipinski definition) is 6. The van der Waals surface area contributed by atoms with E-state index in [1.807, 2.05) is 42.5 Å². The van der Waals surface area contributed by atoms with Crippen LogP contribution < -0.4 is 9.80 Å². The molecule has 3 aromatic rings. The van der Waals surface area contributed by atoms with Crippen molar-refractivity contribution in [3.05, 3.63) is 51.9 Å². The molecule has 0 N–H and O–H groups in total. The molecule has 0 spiro atoms. The predicted molar refractivity (Wildman–Crippen MR) is 110 cm³/mol. The zero-order valence-corrected chi connectivity index (χ0v) is 17.6. The number of aromatic nitrogens is 5. The number of aryl methyl sites for hydroxylation is 3. The fraction of sp³-hybridized carbons (Fsp3) is 0.368. The molecule has 1 saturated heterocycles. The summed E-state index contributed by atoms with van der Waals surface area (Å²) in [4.78, 5) is 17.5. The standard InChI is InChI=1S/C19H21BrFN7/c1-12-8-13(2)28(25-12)18-10-17(23-14(3)24-18)26-4-6-27(7-5-26)19-16(21)9-15(20)11-22-19/h8-11H,4-7H2,1-3H3. The van der Waals surface area contributed by atoms with Gasteiger partial charge in [0.05, 0.1) is 5.69 Å². The zero-order chi connectivity index (χ0) is 19.8. The zero-order valence-electron chi connectivity index (χ0n) is 16.0. The van der Waals surface area contributed by atoms with Crippen molar-refractivity contribution in [1.82, 2.24) is 24.7 Å². The van der Waals surface area contributed by atoms with Gasteiger partial charge >= 0.3 is 0 Å². The summed E-state index contributed by atoms with van der Waals surface area (Å²) in [6, 6.07) is 5.43. The Hall–Kier alpha value is -2.55. The van der Waals surface area contributed by atoms with Crippen LogP contribution in [0.25, 0.3) is 5.82 Å². The van der Waals surface area contributed by atoms with Crippen molar-refractivity contribution in [1.29, 1.82) is 0 Å². The molecule has 1 aliphatic heterocycles. The Morgan fingerprint density at radius 1 is 0.929 bits per heavy atom. The number of piperazine rings is 1. The van der Waals surface area contributed by atoms with Gasteiger partial charge in [-0.1, -0.05) is 0 Å². The predicted octanol–water partition coefficient (Wildman–Crippen LogP) is 3.21. The van der Waals surface area contributed by atoms with Crippen LogP contribution in [0.4, 0.5) is 16.0 Å². The fourth-order valence-corrected chi connectivity index (χ4v) is 3.76. The SMILES string of the molecule is Cc1cc(C)n(-c2cc(N3CCN(c4ncc(Br)cc4F)CC3)nc(C)n2)n1. The van der Waals surface area contributed by atoms with Crippen molar-refractivity contribution in [2.45, 2.75) is 20.8 Å². The number of halogens is 2. The van der Waals surface area contributed by atoms with E-state index in [4.69, 9.17) is 0 Å². The Labute approximate surface area is 171 Å². The first-order valence-corrected chi connectivity index (χ1v) is 9.90. The average Bonchev–Trinajstić information content (AvgIpc) is 3.00. The van der Waals surface area contributed by atoms with Gasteiger partial charge in [-0.3, -0.25) is 0 Å².